The normalized spacial score (nSPS) is 18.6. The molecule has 6 heteroatoms. The van der Waals surface area contributed by atoms with E-state index in [2.05, 4.69) is 16.7 Å². The Morgan fingerprint density at radius 1 is 1.29 bits per heavy atom. The van der Waals surface area contributed by atoms with Crippen molar-refractivity contribution in [1.29, 1.82) is 0 Å². The summed E-state index contributed by atoms with van der Waals surface area (Å²) in [4.78, 5) is 15.2. The fourth-order valence-corrected chi connectivity index (χ4v) is 3.13. The molecule has 4 nitrogen and oxygen atoms in total. The highest BCUT2D eigenvalue weighted by Gasteiger charge is 2.23. The topological polar surface area (TPSA) is 43.8 Å². The van der Waals surface area contributed by atoms with E-state index in [4.69, 9.17) is 28.3 Å². The Balaban J connectivity index is 1.92. The Bertz CT molecular complexity index is 502. The van der Waals surface area contributed by atoms with Crippen LogP contribution in [0.4, 0.5) is 0 Å². The number of aliphatic carboxylic acids is 1. The lowest BCUT2D eigenvalue weighted by molar-refractivity contribution is -0.137. The molecule has 21 heavy (non-hydrogen) atoms. The third-order valence-electron chi connectivity index (χ3n) is 4.03. The second-order valence-corrected chi connectivity index (χ2v) is 6.13. The average molecular weight is 331 g/mol. The Kier molecular flexibility index (Phi) is 5.88. The molecular weight excluding hydrogens is 311 g/mol. The van der Waals surface area contributed by atoms with Gasteiger partial charge in [0.2, 0.25) is 0 Å². The van der Waals surface area contributed by atoms with Crippen LogP contribution in [0.1, 0.15) is 24.9 Å². The summed E-state index contributed by atoms with van der Waals surface area (Å²) in [6.45, 7) is 6.33. The predicted octanol–water partition coefficient (Wildman–Crippen LogP) is 3.15. The molecule has 1 aliphatic rings. The van der Waals surface area contributed by atoms with Gasteiger partial charge in [-0.1, -0.05) is 35.3 Å². The van der Waals surface area contributed by atoms with Crippen molar-refractivity contribution in [2.75, 3.05) is 32.7 Å². The summed E-state index contributed by atoms with van der Waals surface area (Å²) >= 11 is 12.4. The molecule has 1 unspecified atom stereocenters. The minimum atomic E-state index is -0.739. The Morgan fingerprint density at radius 3 is 2.57 bits per heavy atom. The van der Waals surface area contributed by atoms with Crippen LogP contribution in [0.15, 0.2) is 18.2 Å². The molecule has 0 amide bonds. The van der Waals surface area contributed by atoms with Gasteiger partial charge in [-0.05, 0) is 18.6 Å². The fraction of sp³-hybridized carbons (Fsp3) is 0.533. The fourth-order valence-electron chi connectivity index (χ4n) is 2.67. The first-order valence-electron chi connectivity index (χ1n) is 7.11. The van der Waals surface area contributed by atoms with Crippen molar-refractivity contribution in [3.8, 4) is 0 Å². The molecule has 1 atom stereocenters. The van der Waals surface area contributed by atoms with Crippen LogP contribution in [0.2, 0.25) is 10.0 Å². The van der Waals surface area contributed by atoms with Crippen molar-refractivity contribution in [3.05, 3.63) is 33.8 Å². The molecule has 116 valence electrons. The van der Waals surface area contributed by atoms with Crippen LogP contribution in [0.25, 0.3) is 0 Å². The van der Waals surface area contributed by atoms with E-state index in [1.807, 2.05) is 12.1 Å². The van der Waals surface area contributed by atoms with Crippen LogP contribution in [0, 0.1) is 0 Å². The molecule has 1 saturated heterocycles. The number of carboxylic acids is 1. The average Bonchev–Trinajstić information content (AvgIpc) is 2.48. The predicted molar refractivity (Wildman–Crippen MR) is 85.1 cm³/mol. The number of hydrogen-bond acceptors (Lipinski definition) is 3. The van der Waals surface area contributed by atoms with E-state index in [0.29, 0.717) is 16.6 Å². The zero-order valence-electron chi connectivity index (χ0n) is 12.1. The van der Waals surface area contributed by atoms with Gasteiger partial charge in [0.05, 0.1) is 16.5 Å². The molecule has 1 aliphatic heterocycles. The maximum atomic E-state index is 10.6. The molecule has 0 saturated carbocycles. The van der Waals surface area contributed by atoms with Crippen LogP contribution in [-0.2, 0) is 4.79 Å². The molecule has 0 radical (unpaired) electrons. The smallest absolute Gasteiger partial charge is 0.304 e. The number of halogens is 2. The summed E-state index contributed by atoms with van der Waals surface area (Å²) in [5.41, 5.74) is 1.04. The molecule has 0 spiro atoms. The number of carboxylic acid groups (broad SMARTS) is 1. The van der Waals surface area contributed by atoms with Gasteiger partial charge >= 0.3 is 5.97 Å². The van der Waals surface area contributed by atoms with Crippen molar-refractivity contribution in [1.82, 2.24) is 9.80 Å². The first kappa shape index (κ1) is 16.6. The highest BCUT2D eigenvalue weighted by atomic mass is 35.5. The standard InChI is InChI=1S/C15H20Cl2N2O2/c1-11(12-3-2-4-13(16)15(12)17)19-9-7-18(8-10-19)6-5-14(20)21/h2-4,11H,5-10H2,1H3,(H,20,21). The maximum Gasteiger partial charge on any atom is 0.304 e. The van der Waals surface area contributed by atoms with Crippen molar-refractivity contribution in [2.45, 2.75) is 19.4 Å². The van der Waals surface area contributed by atoms with E-state index in [9.17, 15) is 4.79 Å². The van der Waals surface area contributed by atoms with E-state index in [0.717, 1.165) is 31.7 Å². The lowest BCUT2D eigenvalue weighted by Gasteiger charge is -2.38. The lowest BCUT2D eigenvalue weighted by Crippen LogP contribution is -2.47. The summed E-state index contributed by atoms with van der Waals surface area (Å²) in [6.07, 6.45) is 0.204. The molecule has 1 fully saturated rings. The van der Waals surface area contributed by atoms with Crippen LogP contribution >= 0.6 is 23.2 Å². The quantitative estimate of drug-likeness (QED) is 0.900. The first-order chi connectivity index (χ1) is 9.99. The van der Waals surface area contributed by atoms with Crippen molar-refractivity contribution < 1.29 is 9.90 Å². The van der Waals surface area contributed by atoms with Crippen LogP contribution in [0.3, 0.4) is 0 Å². The third kappa shape index (κ3) is 4.33. The molecule has 0 aromatic heterocycles. The molecule has 1 heterocycles. The van der Waals surface area contributed by atoms with Gasteiger partial charge < -0.3 is 10.0 Å². The van der Waals surface area contributed by atoms with Gasteiger partial charge in [-0.15, -0.1) is 0 Å². The molecule has 1 aromatic carbocycles. The summed E-state index contributed by atoms with van der Waals surface area (Å²) in [5, 5.41) is 9.93. The maximum absolute atomic E-state index is 10.6. The first-order valence-corrected chi connectivity index (χ1v) is 7.86. The van der Waals surface area contributed by atoms with Gasteiger partial charge in [-0.2, -0.15) is 0 Å². The van der Waals surface area contributed by atoms with E-state index < -0.39 is 5.97 Å². The Morgan fingerprint density at radius 2 is 1.95 bits per heavy atom. The van der Waals surface area contributed by atoms with Gasteiger partial charge in [0.15, 0.2) is 0 Å². The number of benzene rings is 1. The monoisotopic (exact) mass is 330 g/mol. The number of piperazine rings is 1. The van der Waals surface area contributed by atoms with Crippen LogP contribution in [-0.4, -0.2) is 53.6 Å². The highest BCUT2D eigenvalue weighted by molar-refractivity contribution is 6.42. The minimum Gasteiger partial charge on any atom is -0.481 e. The molecule has 0 aliphatic carbocycles. The SMILES string of the molecule is CC(c1cccc(Cl)c1Cl)N1CCN(CCC(=O)O)CC1. The molecular formula is C15H20Cl2N2O2. The van der Waals surface area contributed by atoms with Crippen molar-refractivity contribution in [3.63, 3.8) is 0 Å². The van der Waals surface area contributed by atoms with Crippen molar-refractivity contribution in [2.24, 2.45) is 0 Å². The third-order valence-corrected chi connectivity index (χ3v) is 4.86. The number of carbonyl (C=O) groups is 1. The summed E-state index contributed by atoms with van der Waals surface area (Å²) in [5.74, 6) is -0.739. The number of hydrogen-bond donors (Lipinski definition) is 1. The second-order valence-electron chi connectivity index (χ2n) is 5.34. The summed E-state index contributed by atoms with van der Waals surface area (Å²) in [6, 6.07) is 5.93. The van der Waals surface area contributed by atoms with Crippen LogP contribution < -0.4 is 0 Å². The molecule has 2 rings (SSSR count). The summed E-state index contributed by atoms with van der Waals surface area (Å²) in [7, 11) is 0. The zero-order chi connectivity index (χ0) is 15.4. The van der Waals surface area contributed by atoms with E-state index >= 15 is 0 Å². The van der Waals surface area contributed by atoms with E-state index in [-0.39, 0.29) is 12.5 Å². The largest absolute Gasteiger partial charge is 0.481 e. The Hall–Kier alpha value is -0.810. The molecule has 1 N–H and O–H groups in total. The second kappa shape index (κ2) is 7.45. The highest BCUT2D eigenvalue weighted by Crippen LogP contribution is 2.32. The van der Waals surface area contributed by atoms with Gasteiger partial charge in [-0.25, -0.2) is 0 Å². The van der Waals surface area contributed by atoms with Gasteiger partial charge in [0.25, 0.3) is 0 Å². The minimum absolute atomic E-state index is 0.204. The lowest BCUT2D eigenvalue weighted by atomic mass is 10.1. The number of rotatable bonds is 5. The van der Waals surface area contributed by atoms with Gasteiger partial charge in [0, 0.05) is 38.8 Å². The van der Waals surface area contributed by atoms with Crippen LogP contribution in [0.5, 0.6) is 0 Å². The van der Waals surface area contributed by atoms with E-state index in [1.54, 1.807) is 6.07 Å². The van der Waals surface area contributed by atoms with Gasteiger partial charge in [-0.3, -0.25) is 9.69 Å². The van der Waals surface area contributed by atoms with Gasteiger partial charge in [0.1, 0.15) is 0 Å². The molecule has 0 bridgehead atoms. The number of nitrogens with zero attached hydrogens (tertiary/aromatic N) is 2. The molecule has 1 aromatic rings. The Labute approximate surface area is 135 Å². The van der Waals surface area contributed by atoms with E-state index in [1.165, 1.54) is 0 Å². The zero-order valence-corrected chi connectivity index (χ0v) is 13.6. The van der Waals surface area contributed by atoms with Crippen molar-refractivity contribution >= 4 is 29.2 Å². The summed E-state index contributed by atoms with van der Waals surface area (Å²) < 4.78 is 0.